The fourth-order valence-electron chi connectivity index (χ4n) is 1.92. The molecular formula is C15H17FN2O. The molecule has 3 nitrogen and oxygen atoms in total. The molecule has 4 heteroatoms. The van der Waals surface area contributed by atoms with Crippen LogP contribution in [-0.2, 0) is 0 Å². The van der Waals surface area contributed by atoms with E-state index in [4.69, 9.17) is 0 Å². The summed E-state index contributed by atoms with van der Waals surface area (Å²) in [6, 6.07) is 7.97. The van der Waals surface area contributed by atoms with Gasteiger partial charge >= 0.3 is 0 Å². The Morgan fingerprint density at radius 3 is 2.42 bits per heavy atom. The Balaban J connectivity index is 2.36. The normalized spacial score (nSPS) is 12.7. The van der Waals surface area contributed by atoms with Crippen molar-refractivity contribution in [1.82, 2.24) is 9.97 Å². The van der Waals surface area contributed by atoms with Gasteiger partial charge in [-0.15, -0.1) is 0 Å². The first-order valence-corrected chi connectivity index (χ1v) is 6.31. The molecular weight excluding hydrogens is 243 g/mol. The summed E-state index contributed by atoms with van der Waals surface area (Å²) in [5.41, 5.74) is 1.58. The number of rotatable bonds is 4. The van der Waals surface area contributed by atoms with E-state index in [9.17, 15) is 9.50 Å². The fraction of sp³-hybridized carbons (Fsp3) is 0.333. The number of aromatic nitrogens is 2. The predicted octanol–water partition coefficient (Wildman–Crippen LogP) is 3.01. The minimum absolute atomic E-state index is 0.0184. The predicted molar refractivity (Wildman–Crippen MR) is 72.1 cm³/mol. The van der Waals surface area contributed by atoms with Crippen molar-refractivity contribution in [3.63, 3.8) is 0 Å². The zero-order valence-corrected chi connectivity index (χ0v) is 11.0. The summed E-state index contributed by atoms with van der Waals surface area (Å²) in [5, 5.41) is 9.42. The van der Waals surface area contributed by atoms with Crippen molar-refractivity contribution in [2.75, 3.05) is 6.61 Å². The van der Waals surface area contributed by atoms with Gasteiger partial charge in [0.15, 0.2) is 0 Å². The first-order valence-electron chi connectivity index (χ1n) is 6.31. The second-order valence-electron chi connectivity index (χ2n) is 4.84. The molecule has 0 fully saturated rings. The second kappa shape index (κ2) is 5.89. The minimum atomic E-state index is -0.270. The van der Waals surface area contributed by atoms with E-state index >= 15 is 0 Å². The maximum absolute atomic E-state index is 12.9. The first-order chi connectivity index (χ1) is 9.11. The molecule has 0 aliphatic heterocycles. The Hall–Kier alpha value is -1.81. The van der Waals surface area contributed by atoms with Gasteiger partial charge in [-0.1, -0.05) is 13.8 Å². The highest BCUT2D eigenvalue weighted by atomic mass is 19.1. The van der Waals surface area contributed by atoms with Gasteiger partial charge in [0.25, 0.3) is 0 Å². The molecule has 1 aromatic heterocycles. The molecule has 1 heterocycles. The number of aliphatic hydroxyl groups is 1. The fourth-order valence-corrected chi connectivity index (χ4v) is 1.92. The lowest BCUT2D eigenvalue weighted by molar-refractivity contribution is 0.232. The lowest BCUT2D eigenvalue weighted by Gasteiger charge is -2.17. The molecule has 1 atom stereocenters. The number of nitrogens with zero attached hydrogens (tertiary/aromatic N) is 2. The molecule has 1 unspecified atom stereocenters. The van der Waals surface area contributed by atoms with E-state index in [0.717, 1.165) is 11.3 Å². The third-order valence-corrected chi connectivity index (χ3v) is 3.15. The van der Waals surface area contributed by atoms with E-state index in [1.807, 2.05) is 13.8 Å². The largest absolute Gasteiger partial charge is 0.396 e. The summed E-state index contributed by atoms with van der Waals surface area (Å²) in [5.74, 6) is 0.529. The number of hydrogen-bond acceptors (Lipinski definition) is 3. The molecule has 0 saturated heterocycles. The average molecular weight is 260 g/mol. The van der Waals surface area contributed by atoms with Crippen LogP contribution in [-0.4, -0.2) is 21.7 Å². The zero-order chi connectivity index (χ0) is 13.8. The second-order valence-corrected chi connectivity index (χ2v) is 4.84. The first kappa shape index (κ1) is 13.6. The standard InChI is InChI=1S/C15H17FN2O/c1-10(2)13(9-19)15-17-8-7-14(18-15)11-3-5-12(16)6-4-11/h3-8,10,13,19H,9H2,1-2H3. The number of halogens is 1. The van der Waals surface area contributed by atoms with Crippen LogP contribution >= 0.6 is 0 Å². The zero-order valence-electron chi connectivity index (χ0n) is 11.0. The molecule has 1 aromatic carbocycles. The SMILES string of the molecule is CC(C)C(CO)c1nccc(-c2ccc(F)cc2)n1. The quantitative estimate of drug-likeness (QED) is 0.919. The van der Waals surface area contributed by atoms with E-state index in [1.165, 1.54) is 12.1 Å². The van der Waals surface area contributed by atoms with Gasteiger partial charge in [0.1, 0.15) is 11.6 Å². The van der Waals surface area contributed by atoms with Crippen molar-refractivity contribution in [3.8, 4) is 11.3 Å². The van der Waals surface area contributed by atoms with Crippen LogP contribution in [0, 0.1) is 11.7 Å². The molecule has 0 aliphatic rings. The topological polar surface area (TPSA) is 46.0 Å². The molecule has 0 radical (unpaired) electrons. The van der Waals surface area contributed by atoms with Gasteiger partial charge in [-0.25, -0.2) is 14.4 Å². The molecule has 0 amide bonds. The van der Waals surface area contributed by atoms with Gasteiger partial charge in [-0.2, -0.15) is 0 Å². The van der Waals surface area contributed by atoms with Gasteiger partial charge in [-0.3, -0.25) is 0 Å². The van der Waals surface area contributed by atoms with Gasteiger partial charge in [-0.05, 0) is 36.2 Å². The van der Waals surface area contributed by atoms with Crippen molar-refractivity contribution >= 4 is 0 Å². The Bertz CT molecular complexity index is 540. The lowest BCUT2D eigenvalue weighted by atomic mass is 9.96. The van der Waals surface area contributed by atoms with Crippen molar-refractivity contribution in [2.24, 2.45) is 5.92 Å². The van der Waals surface area contributed by atoms with E-state index in [0.29, 0.717) is 5.82 Å². The van der Waals surface area contributed by atoms with E-state index in [1.54, 1.807) is 24.4 Å². The van der Waals surface area contributed by atoms with Crippen LogP contribution in [0.4, 0.5) is 4.39 Å². The van der Waals surface area contributed by atoms with Crippen LogP contribution in [0.3, 0.4) is 0 Å². The summed E-state index contributed by atoms with van der Waals surface area (Å²) in [6.45, 7) is 4.06. The minimum Gasteiger partial charge on any atom is -0.396 e. The monoisotopic (exact) mass is 260 g/mol. The Kier molecular flexibility index (Phi) is 4.22. The summed E-state index contributed by atoms with van der Waals surface area (Å²) in [4.78, 5) is 8.70. The smallest absolute Gasteiger partial charge is 0.134 e. The molecule has 0 aliphatic carbocycles. The third-order valence-electron chi connectivity index (χ3n) is 3.15. The maximum Gasteiger partial charge on any atom is 0.134 e. The van der Waals surface area contributed by atoms with Crippen LogP contribution in [0.5, 0.6) is 0 Å². The molecule has 0 bridgehead atoms. The van der Waals surface area contributed by atoms with E-state index in [-0.39, 0.29) is 24.3 Å². The van der Waals surface area contributed by atoms with Crippen LogP contribution < -0.4 is 0 Å². The summed E-state index contributed by atoms with van der Waals surface area (Å²) < 4.78 is 12.9. The maximum atomic E-state index is 12.9. The molecule has 0 spiro atoms. The highest BCUT2D eigenvalue weighted by Gasteiger charge is 2.18. The van der Waals surface area contributed by atoms with Gasteiger partial charge in [0.2, 0.25) is 0 Å². The van der Waals surface area contributed by atoms with Crippen molar-refractivity contribution < 1.29 is 9.50 Å². The van der Waals surface area contributed by atoms with Crippen molar-refractivity contribution in [2.45, 2.75) is 19.8 Å². The molecule has 100 valence electrons. The number of hydrogen-bond donors (Lipinski definition) is 1. The number of aliphatic hydroxyl groups excluding tert-OH is 1. The highest BCUT2D eigenvalue weighted by Crippen LogP contribution is 2.23. The average Bonchev–Trinajstić information content (AvgIpc) is 2.40. The molecule has 1 N–H and O–H groups in total. The van der Waals surface area contributed by atoms with Crippen molar-refractivity contribution in [3.05, 3.63) is 48.2 Å². The van der Waals surface area contributed by atoms with Crippen LogP contribution in [0.15, 0.2) is 36.5 Å². The summed E-state index contributed by atoms with van der Waals surface area (Å²) in [6.07, 6.45) is 1.67. The summed E-state index contributed by atoms with van der Waals surface area (Å²) in [7, 11) is 0. The highest BCUT2D eigenvalue weighted by molar-refractivity contribution is 5.58. The third kappa shape index (κ3) is 3.15. The Labute approximate surface area is 112 Å². The molecule has 0 saturated carbocycles. The number of benzene rings is 1. The van der Waals surface area contributed by atoms with Gasteiger partial charge < -0.3 is 5.11 Å². The molecule has 2 aromatic rings. The van der Waals surface area contributed by atoms with Gasteiger partial charge in [0.05, 0.1) is 12.3 Å². The Morgan fingerprint density at radius 1 is 1.16 bits per heavy atom. The molecule has 2 rings (SSSR count). The van der Waals surface area contributed by atoms with E-state index in [2.05, 4.69) is 9.97 Å². The van der Waals surface area contributed by atoms with Crippen LogP contribution in [0.2, 0.25) is 0 Å². The Morgan fingerprint density at radius 2 is 1.84 bits per heavy atom. The van der Waals surface area contributed by atoms with Crippen molar-refractivity contribution in [1.29, 1.82) is 0 Å². The summed E-state index contributed by atoms with van der Waals surface area (Å²) >= 11 is 0. The molecule has 19 heavy (non-hydrogen) atoms. The van der Waals surface area contributed by atoms with Gasteiger partial charge in [0, 0.05) is 17.7 Å². The van der Waals surface area contributed by atoms with E-state index < -0.39 is 0 Å². The van der Waals surface area contributed by atoms with Crippen LogP contribution in [0.1, 0.15) is 25.6 Å². The van der Waals surface area contributed by atoms with Crippen LogP contribution in [0.25, 0.3) is 11.3 Å². The lowest BCUT2D eigenvalue weighted by Crippen LogP contribution is -2.14.